The molecule has 5 rings (SSSR count). The summed E-state index contributed by atoms with van der Waals surface area (Å²) in [5.74, 6) is -1.46. The Morgan fingerprint density at radius 1 is 1.06 bits per heavy atom. The molecule has 0 bridgehead atoms. The Balaban J connectivity index is 1.05. The third kappa shape index (κ3) is 12.8. The van der Waals surface area contributed by atoms with Gasteiger partial charge in [-0.1, -0.05) is 59.3 Å². The van der Waals surface area contributed by atoms with Crippen LogP contribution in [0.3, 0.4) is 0 Å². The van der Waals surface area contributed by atoms with E-state index in [0.717, 1.165) is 53.0 Å². The molecule has 4 N–H and O–H groups in total. The molecule has 1 aliphatic carbocycles. The molecule has 1 saturated heterocycles. The Morgan fingerprint density at radius 3 is 2.44 bits per heavy atom. The van der Waals surface area contributed by atoms with Crippen LogP contribution < -0.4 is 21.0 Å². The fraction of sp³-hybridized carbons (Fsp3) is 0.660. The van der Waals surface area contributed by atoms with E-state index < -0.39 is 51.0 Å². The minimum atomic E-state index is -3.96. The number of allylic oxidation sites excluding steroid dienone is 2. The number of unbranched alkanes of at least 4 members (excludes halogenated alkanes) is 3. The number of rotatable bonds is 23. The van der Waals surface area contributed by atoms with Crippen molar-refractivity contribution in [2.45, 2.75) is 169 Å². The highest BCUT2D eigenvalue weighted by Crippen LogP contribution is 2.46. The number of likely N-dealkylation sites (tertiary alicyclic amines) is 1. The molecule has 1 saturated carbocycles. The van der Waals surface area contributed by atoms with Crippen molar-refractivity contribution in [2.75, 3.05) is 18.8 Å². The van der Waals surface area contributed by atoms with Crippen molar-refractivity contribution in [3.63, 3.8) is 0 Å². The molecule has 15 nitrogen and oxygen atoms in total. The zero-order valence-electron chi connectivity index (χ0n) is 39.3. The number of hydrogen-bond acceptors (Lipinski definition) is 10. The van der Waals surface area contributed by atoms with Gasteiger partial charge in [0.1, 0.15) is 28.7 Å². The van der Waals surface area contributed by atoms with Gasteiger partial charge in [0.15, 0.2) is 0 Å². The van der Waals surface area contributed by atoms with Crippen LogP contribution in [0.2, 0.25) is 0 Å². The molecule has 3 aromatic rings. The lowest BCUT2D eigenvalue weighted by atomic mass is 9.97. The molecule has 2 fully saturated rings. The second kappa shape index (κ2) is 21.7. The fourth-order valence-electron chi connectivity index (χ4n) is 8.58. The van der Waals surface area contributed by atoms with Crippen LogP contribution in [0.1, 0.15) is 155 Å². The number of nitrogens with one attached hydrogen (secondary N) is 4. The topological polar surface area (TPSA) is 202 Å². The van der Waals surface area contributed by atoms with Gasteiger partial charge in [-0.15, -0.1) is 11.3 Å². The van der Waals surface area contributed by atoms with Crippen LogP contribution in [-0.2, 0) is 35.6 Å². The minimum Gasteiger partial charge on any atom is -0.444 e. The molecule has 1 aliphatic heterocycles. The van der Waals surface area contributed by atoms with Gasteiger partial charge < -0.3 is 25.3 Å². The molecule has 2 aromatic heterocycles. The third-order valence-corrected chi connectivity index (χ3v) is 14.8. The average Bonchev–Trinajstić information content (AvgIpc) is 3.54. The smallest absolute Gasteiger partial charge is 0.408 e. The molecule has 3 unspecified atom stereocenters. The van der Waals surface area contributed by atoms with E-state index >= 15 is 0 Å². The number of amides is 4. The van der Waals surface area contributed by atoms with Crippen LogP contribution in [0.25, 0.3) is 21.6 Å². The maximum Gasteiger partial charge on any atom is 0.408 e. The van der Waals surface area contributed by atoms with Crippen LogP contribution >= 0.6 is 11.3 Å². The minimum absolute atomic E-state index is 0.0324. The van der Waals surface area contributed by atoms with E-state index in [1.54, 1.807) is 15.9 Å². The molecule has 0 spiro atoms. The zero-order chi connectivity index (χ0) is 47.0. The zero-order valence-corrected chi connectivity index (χ0v) is 40.9. The predicted molar refractivity (Wildman–Crippen MR) is 253 cm³/mol. The van der Waals surface area contributed by atoms with Crippen molar-refractivity contribution in [1.82, 2.24) is 34.8 Å². The number of aromatic amines is 1. The number of fused-ring (bicyclic) bond motifs is 1. The average molecular weight is 926 g/mol. The summed E-state index contributed by atoms with van der Waals surface area (Å²) >= 11 is 1.68. The maximum atomic E-state index is 13.6. The van der Waals surface area contributed by atoms with E-state index in [2.05, 4.69) is 60.2 Å². The van der Waals surface area contributed by atoms with Crippen LogP contribution in [-0.4, -0.2) is 87.7 Å². The SMILES string of the molecule is CCC1CC1(NC(=O)C1CCCN1C(=O)CNC(=O)OC(C)(C)CCC(C)C)C(=O)NS(=O)(=O)CCCCC=CCCCc1sc(-c2cccc3c2[nH]c(=O)n3C(C)C)nc1C(C)C. The van der Waals surface area contributed by atoms with Crippen molar-refractivity contribution in [3.8, 4) is 10.6 Å². The van der Waals surface area contributed by atoms with Gasteiger partial charge in [-0.3, -0.25) is 23.7 Å². The summed E-state index contributed by atoms with van der Waals surface area (Å²) in [5.41, 5.74) is 1.50. The van der Waals surface area contributed by atoms with E-state index in [9.17, 15) is 32.4 Å². The van der Waals surface area contributed by atoms with Crippen molar-refractivity contribution in [3.05, 3.63) is 51.4 Å². The van der Waals surface area contributed by atoms with E-state index in [4.69, 9.17) is 9.72 Å². The quantitative estimate of drug-likeness (QED) is 0.0540. The number of para-hydroxylation sites is 1. The highest BCUT2D eigenvalue weighted by molar-refractivity contribution is 7.90. The first-order valence-electron chi connectivity index (χ1n) is 23.2. The number of carbonyl (C=O) groups is 4. The molecule has 3 atom stereocenters. The number of benzene rings is 1. The molecule has 4 amide bonds. The lowest BCUT2D eigenvalue weighted by Crippen LogP contribution is -2.57. The number of alkyl carbamates (subject to hydrolysis) is 1. The number of imidazole rings is 1. The van der Waals surface area contributed by atoms with Gasteiger partial charge in [-0.25, -0.2) is 23.0 Å². The van der Waals surface area contributed by atoms with Crippen molar-refractivity contribution in [1.29, 1.82) is 0 Å². The largest absolute Gasteiger partial charge is 0.444 e. The monoisotopic (exact) mass is 925 g/mol. The molecule has 17 heteroatoms. The standard InChI is InChI=1S/C47H71N7O8S2/c1-10-33-28-47(33,51-41(56)36-22-19-26-53(36)38(55)29-48-45(59)62-46(8,9)25-24-30(2)3)43(57)52-64(60,61)27-17-15-13-11-12-14-16-23-37-39(31(4)5)49-42(63-37)34-20-18-21-35-40(34)50-44(58)54(35)32(6)7/h11-12,18,20-21,30-33,36H,10,13-17,19,22-29H2,1-9H3,(H,48,59)(H,50,58)(H,51,56)(H,52,57). The van der Waals surface area contributed by atoms with Gasteiger partial charge in [-0.05, 0) is 128 Å². The molecular formula is C47H71N7O8S2. The normalized spacial score (nSPS) is 19.0. The number of H-pyrrole nitrogens is 1. The fourth-order valence-corrected chi connectivity index (χ4v) is 11.0. The molecule has 2 aliphatic rings. The molecule has 354 valence electrons. The number of nitrogens with zero attached hydrogens (tertiary/aromatic N) is 3. The van der Waals surface area contributed by atoms with Crippen LogP contribution in [0.4, 0.5) is 4.79 Å². The number of carbonyl (C=O) groups excluding carboxylic acids is 4. The summed E-state index contributed by atoms with van der Waals surface area (Å²) in [6.07, 6.45) is 11.2. The van der Waals surface area contributed by atoms with Crippen LogP contribution in [0.15, 0.2) is 35.1 Å². The highest BCUT2D eigenvalue weighted by Gasteiger charge is 2.61. The summed E-state index contributed by atoms with van der Waals surface area (Å²) in [7, 11) is -3.96. The Labute approximate surface area is 383 Å². The van der Waals surface area contributed by atoms with Gasteiger partial charge in [-0.2, -0.15) is 0 Å². The Morgan fingerprint density at radius 2 is 1.78 bits per heavy atom. The number of aryl methyl sites for hydroxylation is 1. The summed E-state index contributed by atoms with van der Waals surface area (Å²) in [6, 6.07) is 5.14. The van der Waals surface area contributed by atoms with Gasteiger partial charge >= 0.3 is 11.8 Å². The summed E-state index contributed by atoms with van der Waals surface area (Å²) < 4.78 is 35.7. The van der Waals surface area contributed by atoms with Gasteiger partial charge in [0, 0.05) is 23.0 Å². The van der Waals surface area contributed by atoms with Crippen molar-refractivity contribution >= 4 is 56.2 Å². The van der Waals surface area contributed by atoms with Gasteiger partial charge in [0.05, 0.1) is 22.5 Å². The molecular weight excluding hydrogens is 855 g/mol. The molecule has 64 heavy (non-hydrogen) atoms. The van der Waals surface area contributed by atoms with Crippen LogP contribution in [0, 0.1) is 11.8 Å². The molecule has 1 aromatic carbocycles. The Bertz CT molecular complexity index is 2330. The van der Waals surface area contributed by atoms with E-state index in [0.29, 0.717) is 63.8 Å². The van der Waals surface area contributed by atoms with E-state index in [1.165, 1.54) is 9.78 Å². The van der Waals surface area contributed by atoms with Crippen molar-refractivity contribution in [2.24, 2.45) is 11.8 Å². The van der Waals surface area contributed by atoms with Gasteiger partial charge in [0.25, 0.3) is 5.91 Å². The number of thiazole rings is 1. The predicted octanol–water partition coefficient (Wildman–Crippen LogP) is 7.87. The first kappa shape index (κ1) is 50.5. The maximum absolute atomic E-state index is 13.6. The number of aromatic nitrogens is 3. The summed E-state index contributed by atoms with van der Waals surface area (Å²) in [5, 5.41) is 6.25. The lowest BCUT2D eigenvalue weighted by Gasteiger charge is -2.28. The number of hydrogen-bond donors (Lipinski definition) is 4. The molecule has 3 heterocycles. The Kier molecular flexibility index (Phi) is 17.1. The van der Waals surface area contributed by atoms with Crippen LogP contribution in [0.5, 0.6) is 0 Å². The second-order valence-corrected chi connectivity index (χ2v) is 22.1. The highest BCUT2D eigenvalue weighted by atomic mass is 32.2. The third-order valence-electron chi connectivity index (χ3n) is 12.3. The van der Waals surface area contributed by atoms with E-state index in [-0.39, 0.29) is 35.9 Å². The summed E-state index contributed by atoms with van der Waals surface area (Å²) in [6.45, 7) is 18.0. The summed E-state index contributed by atoms with van der Waals surface area (Å²) in [4.78, 5) is 76.3. The first-order chi connectivity index (χ1) is 30.2. The van der Waals surface area contributed by atoms with E-state index in [1.807, 2.05) is 52.8 Å². The Hall–Kier alpha value is -4.51. The lowest BCUT2D eigenvalue weighted by molar-refractivity contribution is -0.139. The van der Waals surface area contributed by atoms with Gasteiger partial charge in [0.2, 0.25) is 21.8 Å². The molecule has 0 radical (unpaired) electrons. The number of ether oxygens (including phenoxy) is 1. The van der Waals surface area contributed by atoms with Crippen molar-refractivity contribution < 1.29 is 32.3 Å². The first-order valence-corrected chi connectivity index (χ1v) is 25.7. The second-order valence-electron chi connectivity index (χ2n) is 19.1. The number of sulfonamides is 1.